The van der Waals surface area contributed by atoms with Crippen molar-refractivity contribution in [2.75, 3.05) is 0 Å². The van der Waals surface area contributed by atoms with Gasteiger partial charge in [-0.05, 0) is 62.1 Å². The van der Waals surface area contributed by atoms with Crippen molar-refractivity contribution in [3.8, 4) is 0 Å². The third-order valence-corrected chi connectivity index (χ3v) is 9.88. The molecule has 0 aliphatic heterocycles. The van der Waals surface area contributed by atoms with E-state index < -0.39 is 63.9 Å². The molecule has 2 heterocycles. The Bertz CT molecular complexity index is 1650. The van der Waals surface area contributed by atoms with Crippen molar-refractivity contribution in [2.45, 2.75) is 57.5 Å². The van der Waals surface area contributed by atoms with E-state index in [-0.39, 0.29) is 19.5 Å². The summed E-state index contributed by atoms with van der Waals surface area (Å²) in [5, 5.41) is 5.44. The maximum absolute atomic E-state index is 15.5. The molecule has 12 heteroatoms. The number of aryl methyl sites for hydroxylation is 2. The second-order valence-corrected chi connectivity index (χ2v) is 13.4. The lowest BCUT2D eigenvalue weighted by molar-refractivity contribution is -0.254. The molecule has 2 aromatic heterocycles. The Morgan fingerprint density at radius 3 is 1.29 bits per heavy atom. The highest BCUT2D eigenvalue weighted by Gasteiger charge is 2.80. The van der Waals surface area contributed by atoms with Gasteiger partial charge >= 0.3 is 17.8 Å². The van der Waals surface area contributed by atoms with Crippen LogP contribution in [-0.2, 0) is 0 Å². The molecule has 2 N–H and O–H groups in total. The zero-order valence-electron chi connectivity index (χ0n) is 24.5. The van der Waals surface area contributed by atoms with Crippen LogP contribution in [0.1, 0.15) is 77.3 Å². The summed E-state index contributed by atoms with van der Waals surface area (Å²) in [6.45, 7) is 6.01. The van der Waals surface area contributed by atoms with Gasteiger partial charge in [0.15, 0.2) is 0 Å². The molecule has 5 rings (SSSR count). The Morgan fingerprint density at radius 1 is 0.622 bits per heavy atom. The number of alkyl halides is 6. The molecule has 236 valence electrons. The summed E-state index contributed by atoms with van der Waals surface area (Å²) >= 11 is 1.47. The van der Waals surface area contributed by atoms with E-state index in [1.165, 1.54) is 13.8 Å². The van der Waals surface area contributed by atoms with Crippen LogP contribution in [0.25, 0.3) is 11.1 Å². The number of carbonyl (C=O) groups is 2. The zero-order chi connectivity index (χ0) is 32.9. The average Bonchev–Trinajstić information content (AvgIpc) is 3.60. The number of hydrogen-bond acceptors (Lipinski definition) is 4. The Labute approximate surface area is 263 Å². The molecule has 2 aromatic carbocycles. The molecule has 0 radical (unpaired) electrons. The summed E-state index contributed by atoms with van der Waals surface area (Å²) in [6, 6.07) is 18.7. The maximum Gasteiger partial charge on any atom is 0.380 e. The van der Waals surface area contributed by atoms with Crippen molar-refractivity contribution in [1.82, 2.24) is 10.6 Å². The first-order chi connectivity index (χ1) is 21.1. The fourth-order valence-electron chi connectivity index (χ4n) is 5.30. The fraction of sp³-hybridized carbons (Fsp3) is 0.273. The predicted molar refractivity (Wildman–Crippen MR) is 164 cm³/mol. The number of hydrogen-bond donors (Lipinski definition) is 2. The van der Waals surface area contributed by atoms with Crippen LogP contribution < -0.4 is 10.6 Å². The average molecular weight is 663 g/mol. The number of thiophene rings is 2. The molecule has 4 nitrogen and oxygen atoms in total. The van der Waals surface area contributed by atoms with Crippen molar-refractivity contribution in [1.29, 1.82) is 0 Å². The topological polar surface area (TPSA) is 58.2 Å². The number of amides is 2. The Kier molecular flexibility index (Phi) is 8.52. The van der Waals surface area contributed by atoms with Crippen molar-refractivity contribution in [3.63, 3.8) is 0 Å². The maximum atomic E-state index is 15.5. The quantitative estimate of drug-likeness (QED) is 0.185. The van der Waals surface area contributed by atoms with Gasteiger partial charge in [-0.15, -0.1) is 22.7 Å². The molecule has 0 unspecified atom stereocenters. The van der Waals surface area contributed by atoms with Crippen LogP contribution >= 0.6 is 22.7 Å². The molecular weight excluding hydrogens is 634 g/mol. The highest BCUT2D eigenvalue weighted by atomic mass is 32.1. The summed E-state index contributed by atoms with van der Waals surface area (Å²) in [5.41, 5.74) is -2.76. The van der Waals surface area contributed by atoms with Gasteiger partial charge in [0.2, 0.25) is 0 Å². The van der Waals surface area contributed by atoms with Gasteiger partial charge in [0, 0.05) is 20.9 Å². The van der Waals surface area contributed by atoms with Crippen LogP contribution in [-0.4, -0.2) is 29.6 Å². The van der Waals surface area contributed by atoms with Gasteiger partial charge in [0.25, 0.3) is 11.8 Å². The monoisotopic (exact) mass is 662 g/mol. The molecule has 4 aromatic rings. The van der Waals surface area contributed by atoms with E-state index in [0.717, 1.165) is 45.9 Å². The van der Waals surface area contributed by atoms with Crippen LogP contribution in [0.15, 0.2) is 72.8 Å². The molecule has 1 aliphatic carbocycles. The van der Waals surface area contributed by atoms with Crippen LogP contribution in [0.3, 0.4) is 0 Å². The third kappa shape index (κ3) is 5.58. The SMILES string of the molecule is Cc1sc(C(=O)N[C@@H](C)c2ccccc2)cc1C1=C(c2cc(C(=O)N[C@H](C)c3ccccc3)sc2C)C(F)(F)C(F)(F)C1(F)F. The van der Waals surface area contributed by atoms with Crippen LogP contribution in [0.2, 0.25) is 0 Å². The Morgan fingerprint density at radius 2 is 0.956 bits per heavy atom. The number of allylic oxidation sites excluding steroid dienone is 2. The molecule has 0 saturated carbocycles. The first-order valence-corrected chi connectivity index (χ1v) is 15.5. The second kappa shape index (κ2) is 11.8. The van der Waals surface area contributed by atoms with E-state index >= 15 is 17.6 Å². The standard InChI is InChI=1S/C33H28F6N2O2S2/c1-17(21-11-7-5-8-12-21)40-29(42)25-15-23(19(3)44-25)27-28(32(36,37)33(38,39)31(27,34)35)24-16-26(45-20(24)4)30(43)41-18(2)22-13-9-6-10-14-22/h5-18H,1-4H3,(H,40,42)(H,41,43)/t17-,18+. The van der Waals surface area contributed by atoms with Crippen LogP contribution in [0.5, 0.6) is 0 Å². The zero-order valence-corrected chi connectivity index (χ0v) is 26.1. The number of rotatable bonds is 8. The molecule has 0 saturated heterocycles. The van der Waals surface area contributed by atoms with E-state index in [0.29, 0.717) is 0 Å². The molecule has 0 fully saturated rings. The molecule has 2 amide bonds. The van der Waals surface area contributed by atoms with Crippen molar-refractivity contribution < 1.29 is 35.9 Å². The van der Waals surface area contributed by atoms with Gasteiger partial charge in [-0.3, -0.25) is 9.59 Å². The Hall–Kier alpha value is -3.90. The first kappa shape index (κ1) is 32.5. The summed E-state index contributed by atoms with van der Waals surface area (Å²) in [6.07, 6.45) is 0. The largest absolute Gasteiger partial charge is 0.380 e. The molecule has 0 bridgehead atoms. The van der Waals surface area contributed by atoms with Gasteiger partial charge in [-0.25, -0.2) is 0 Å². The summed E-state index contributed by atoms with van der Waals surface area (Å²) in [5.74, 6) is -17.7. The van der Waals surface area contributed by atoms with Crippen molar-refractivity contribution in [3.05, 3.63) is 115 Å². The number of halogens is 6. The minimum Gasteiger partial charge on any atom is -0.345 e. The lowest BCUT2D eigenvalue weighted by atomic mass is 9.95. The predicted octanol–water partition coefficient (Wildman–Crippen LogP) is 9.24. The summed E-state index contributed by atoms with van der Waals surface area (Å²) in [7, 11) is 0. The first-order valence-electron chi connectivity index (χ1n) is 13.9. The van der Waals surface area contributed by atoms with E-state index in [1.807, 2.05) is 0 Å². The highest BCUT2D eigenvalue weighted by molar-refractivity contribution is 7.14. The number of benzene rings is 2. The lowest BCUT2D eigenvalue weighted by Gasteiger charge is -2.25. The molecule has 1 aliphatic rings. The van der Waals surface area contributed by atoms with Crippen LogP contribution in [0, 0.1) is 13.8 Å². The molecular formula is C33H28F6N2O2S2. The minimum atomic E-state index is -5.78. The van der Waals surface area contributed by atoms with Gasteiger partial charge < -0.3 is 10.6 Å². The minimum absolute atomic E-state index is 0.0178. The van der Waals surface area contributed by atoms with E-state index in [1.54, 1.807) is 74.5 Å². The Balaban J connectivity index is 1.56. The summed E-state index contributed by atoms with van der Waals surface area (Å²) < 4.78 is 92.1. The van der Waals surface area contributed by atoms with Crippen LogP contribution in [0.4, 0.5) is 26.3 Å². The molecule has 45 heavy (non-hydrogen) atoms. The fourth-order valence-corrected chi connectivity index (χ4v) is 7.16. The van der Waals surface area contributed by atoms with Gasteiger partial charge in [-0.1, -0.05) is 60.7 Å². The van der Waals surface area contributed by atoms with E-state index in [4.69, 9.17) is 0 Å². The van der Waals surface area contributed by atoms with E-state index in [2.05, 4.69) is 10.6 Å². The van der Waals surface area contributed by atoms with Gasteiger partial charge in [-0.2, -0.15) is 26.3 Å². The third-order valence-electron chi connectivity index (χ3n) is 7.78. The van der Waals surface area contributed by atoms with Crippen molar-refractivity contribution in [2.24, 2.45) is 0 Å². The lowest BCUT2D eigenvalue weighted by Crippen LogP contribution is -2.48. The normalized spacial score (nSPS) is 18.0. The van der Waals surface area contributed by atoms with Crippen molar-refractivity contribution >= 4 is 45.6 Å². The molecule has 2 atom stereocenters. The molecule has 0 spiro atoms. The van der Waals surface area contributed by atoms with Gasteiger partial charge in [0.1, 0.15) is 0 Å². The number of nitrogens with one attached hydrogen (secondary N) is 2. The number of carbonyl (C=O) groups excluding carboxylic acids is 2. The highest BCUT2D eigenvalue weighted by Crippen LogP contribution is 2.65. The smallest absolute Gasteiger partial charge is 0.345 e. The second-order valence-electron chi connectivity index (χ2n) is 10.8. The summed E-state index contributed by atoms with van der Waals surface area (Å²) in [4.78, 5) is 25.9. The van der Waals surface area contributed by atoms with E-state index in [9.17, 15) is 18.4 Å². The van der Waals surface area contributed by atoms with Gasteiger partial charge in [0.05, 0.1) is 21.8 Å².